The van der Waals surface area contributed by atoms with Gasteiger partial charge in [-0.05, 0) is 45.8 Å². The SMILES string of the molecule is Nc1cc2cc3ccccc3cc2cc1C(=O)O. The minimum Gasteiger partial charge on any atom is -0.478 e. The number of nitrogens with two attached hydrogens (primary N) is 1. The zero-order valence-corrected chi connectivity index (χ0v) is 9.55. The van der Waals surface area contributed by atoms with Gasteiger partial charge in [0.15, 0.2) is 0 Å². The Kier molecular flexibility index (Phi) is 2.20. The Morgan fingerprint density at radius 1 is 0.889 bits per heavy atom. The number of anilines is 1. The number of fused-ring (bicyclic) bond motifs is 2. The van der Waals surface area contributed by atoms with E-state index >= 15 is 0 Å². The topological polar surface area (TPSA) is 63.3 Å². The van der Waals surface area contributed by atoms with Crippen molar-refractivity contribution in [3.05, 3.63) is 54.1 Å². The molecule has 0 aromatic heterocycles. The van der Waals surface area contributed by atoms with Gasteiger partial charge in [0.2, 0.25) is 0 Å². The lowest BCUT2D eigenvalue weighted by molar-refractivity contribution is 0.0698. The molecule has 0 atom stereocenters. The van der Waals surface area contributed by atoms with E-state index in [0.29, 0.717) is 5.69 Å². The van der Waals surface area contributed by atoms with E-state index in [4.69, 9.17) is 10.8 Å². The number of hydrogen-bond donors (Lipinski definition) is 2. The average Bonchev–Trinajstić information content (AvgIpc) is 2.35. The Balaban J connectivity index is 2.40. The zero-order valence-electron chi connectivity index (χ0n) is 9.55. The molecule has 18 heavy (non-hydrogen) atoms. The Morgan fingerprint density at radius 3 is 2.00 bits per heavy atom. The van der Waals surface area contributed by atoms with E-state index in [1.807, 2.05) is 36.4 Å². The third-order valence-electron chi connectivity index (χ3n) is 3.10. The van der Waals surface area contributed by atoms with Crippen molar-refractivity contribution in [1.29, 1.82) is 0 Å². The lowest BCUT2D eigenvalue weighted by Gasteiger charge is -2.06. The number of hydrogen-bond acceptors (Lipinski definition) is 2. The number of aromatic carboxylic acids is 1. The molecule has 0 saturated heterocycles. The Morgan fingerprint density at radius 2 is 1.44 bits per heavy atom. The molecule has 0 unspecified atom stereocenters. The van der Waals surface area contributed by atoms with Gasteiger partial charge < -0.3 is 10.8 Å². The summed E-state index contributed by atoms with van der Waals surface area (Å²) in [5, 5.41) is 13.1. The number of nitrogen functional groups attached to an aromatic ring is 1. The minimum atomic E-state index is -0.998. The summed E-state index contributed by atoms with van der Waals surface area (Å²) >= 11 is 0. The molecule has 3 rings (SSSR count). The summed E-state index contributed by atoms with van der Waals surface area (Å²) in [6.45, 7) is 0. The molecule has 0 fully saturated rings. The van der Waals surface area contributed by atoms with E-state index in [9.17, 15) is 4.79 Å². The van der Waals surface area contributed by atoms with Gasteiger partial charge in [-0.2, -0.15) is 0 Å². The largest absolute Gasteiger partial charge is 0.478 e. The van der Waals surface area contributed by atoms with Gasteiger partial charge in [0.1, 0.15) is 0 Å². The van der Waals surface area contributed by atoms with Crippen molar-refractivity contribution >= 4 is 33.2 Å². The minimum absolute atomic E-state index is 0.151. The quantitative estimate of drug-likeness (QED) is 0.504. The standard InChI is InChI=1S/C15H11NO2/c16-14-8-12-6-10-4-2-1-3-9(10)5-11(12)7-13(14)15(17)18/h1-8H,16H2,(H,17,18). The highest BCUT2D eigenvalue weighted by atomic mass is 16.4. The predicted octanol–water partition coefficient (Wildman–Crippen LogP) is 3.27. The fourth-order valence-corrected chi connectivity index (χ4v) is 2.19. The molecule has 3 nitrogen and oxygen atoms in total. The zero-order chi connectivity index (χ0) is 12.7. The van der Waals surface area contributed by atoms with E-state index in [-0.39, 0.29) is 5.56 Å². The fraction of sp³-hybridized carbons (Fsp3) is 0. The van der Waals surface area contributed by atoms with Crippen LogP contribution in [0.4, 0.5) is 5.69 Å². The average molecular weight is 237 g/mol. The number of benzene rings is 3. The van der Waals surface area contributed by atoms with Gasteiger partial charge in [-0.1, -0.05) is 24.3 Å². The molecule has 0 heterocycles. The van der Waals surface area contributed by atoms with Gasteiger partial charge in [0.25, 0.3) is 0 Å². The van der Waals surface area contributed by atoms with Crippen LogP contribution in [0.1, 0.15) is 10.4 Å². The van der Waals surface area contributed by atoms with E-state index < -0.39 is 5.97 Å². The molecule has 0 spiro atoms. The van der Waals surface area contributed by atoms with Crippen LogP contribution < -0.4 is 5.73 Å². The van der Waals surface area contributed by atoms with Crippen LogP contribution in [0, 0.1) is 0 Å². The van der Waals surface area contributed by atoms with E-state index in [0.717, 1.165) is 21.5 Å². The first-order valence-corrected chi connectivity index (χ1v) is 5.60. The maximum Gasteiger partial charge on any atom is 0.337 e. The van der Waals surface area contributed by atoms with Crippen molar-refractivity contribution < 1.29 is 9.90 Å². The highest BCUT2D eigenvalue weighted by Crippen LogP contribution is 2.26. The first-order chi connectivity index (χ1) is 8.65. The fourth-order valence-electron chi connectivity index (χ4n) is 2.19. The molecule has 3 N–H and O–H groups in total. The number of carboxylic acids is 1. The molecule has 0 amide bonds. The highest BCUT2D eigenvalue weighted by Gasteiger charge is 2.09. The summed E-state index contributed by atoms with van der Waals surface area (Å²) in [5.41, 5.74) is 6.20. The predicted molar refractivity (Wildman–Crippen MR) is 72.8 cm³/mol. The van der Waals surface area contributed by atoms with E-state index in [1.165, 1.54) is 0 Å². The summed E-state index contributed by atoms with van der Waals surface area (Å²) in [6, 6.07) is 15.3. The van der Waals surface area contributed by atoms with Crippen molar-refractivity contribution in [2.75, 3.05) is 5.73 Å². The first kappa shape index (κ1) is 10.6. The molecular weight excluding hydrogens is 226 g/mol. The molecule has 0 aliphatic heterocycles. The van der Waals surface area contributed by atoms with Gasteiger partial charge in [-0.15, -0.1) is 0 Å². The Labute approximate surface area is 103 Å². The number of carbonyl (C=O) groups is 1. The summed E-state index contributed by atoms with van der Waals surface area (Å²) < 4.78 is 0. The van der Waals surface area contributed by atoms with Gasteiger partial charge in [-0.3, -0.25) is 0 Å². The van der Waals surface area contributed by atoms with Crippen LogP contribution in [-0.2, 0) is 0 Å². The second-order valence-corrected chi connectivity index (χ2v) is 4.29. The summed E-state index contributed by atoms with van der Waals surface area (Å²) in [5.74, 6) is -0.998. The van der Waals surface area contributed by atoms with Crippen molar-refractivity contribution in [3.63, 3.8) is 0 Å². The molecule has 0 radical (unpaired) electrons. The van der Waals surface area contributed by atoms with Crippen molar-refractivity contribution in [3.8, 4) is 0 Å². The lowest BCUT2D eigenvalue weighted by atomic mass is 10.0. The lowest BCUT2D eigenvalue weighted by Crippen LogP contribution is -2.02. The monoisotopic (exact) mass is 237 g/mol. The van der Waals surface area contributed by atoms with Gasteiger partial charge in [0, 0.05) is 5.69 Å². The van der Waals surface area contributed by atoms with Crippen LogP contribution in [0.25, 0.3) is 21.5 Å². The van der Waals surface area contributed by atoms with Crippen molar-refractivity contribution in [2.24, 2.45) is 0 Å². The van der Waals surface area contributed by atoms with Crippen LogP contribution in [0.5, 0.6) is 0 Å². The maximum atomic E-state index is 11.0. The highest BCUT2D eigenvalue weighted by molar-refractivity contribution is 6.04. The van der Waals surface area contributed by atoms with Crippen LogP contribution in [-0.4, -0.2) is 11.1 Å². The maximum absolute atomic E-state index is 11.0. The third kappa shape index (κ3) is 1.57. The first-order valence-electron chi connectivity index (χ1n) is 5.60. The molecule has 0 aliphatic carbocycles. The van der Waals surface area contributed by atoms with E-state index in [2.05, 4.69) is 0 Å². The normalized spacial score (nSPS) is 10.9. The van der Waals surface area contributed by atoms with Crippen LogP contribution in [0.2, 0.25) is 0 Å². The molecule has 3 aromatic carbocycles. The molecule has 0 saturated carbocycles. The van der Waals surface area contributed by atoms with Crippen LogP contribution in [0.3, 0.4) is 0 Å². The van der Waals surface area contributed by atoms with E-state index in [1.54, 1.807) is 12.1 Å². The molecule has 0 bridgehead atoms. The summed E-state index contributed by atoms with van der Waals surface area (Å²) in [7, 11) is 0. The summed E-state index contributed by atoms with van der Waals surface area (Å²) in [6.07, 6.45) is 0. The summed E-state index contributed by atoms with van der Waals surface area (Å²) in [4.78, 5) is 11.0. The second kappa shape index (κ2) is 3.74. The molecular formula is C15H11NO2. The molecule has 88 valence electrons. The van der Waals surface area contributed by atoms with Gasteiger partial charge in [0.05, 0.1) is 5.56 Å². The smallest absolute Gasteiger partial charge is 0.337 e. The Hall–Kier alpha value is -2.55. The van der Waals surface area contributed by atoms with Crippen molar-refractivity contribution in [2.45, 2.75) is 0 Å². The number of carboxylic acid groups (broad SMARTS) is 1. The van der Waals surface area contributed by atoms with Crippen molar-refractivity contribution in [1.82, 2.24) is 0 Å². The Bertz CT molecular complexity index is 778. The molecule has 3 aromatic rings. The second-order valence-electron chi connectivity index (χ2n) is 4.29. The molecule has 3 heteroatoms. The van der Waals surface area contributed by atoms with Gasteiger partial charge in [-0.25, -0.2) is 4.79 Å². The number of rotatable bonds is 1. The third-order valence-corrected chi connectivity index (χ3v) is 3.10. The van der Waals surface area contributed by atoms with Crippen LogP contribution >= 0.6 is 0 Å². The van der Waals surface area contributed by atoms with Gasteiger partial charge >= 0.3 is 5.97 Å². The van der Waals surface area contributed by atoms with Crippen LogP contribution in [0.15, 0.2) is 48.5 Å². The molecule has 0 aliphatic rings.